The molecule has 0 unspecified atom stereocenters. The highest BCUT2D eigenvalue weighted by atomic mass is 16.5. The molecule has 1 aromatic carbocycles. The Kier molecular flexibility index (Phi) is 5.43. The van der Waals surface area contributed by atoms with Crippen LogP contribution in [0.1, 0.15) is 29.6 Å². The summed E-state index contributed by atoms with van der Waals surface area (Å²) in [5.74, 6) is 0.338. The number of nitrogens with one attached hydrogen (secondary N) is 2. The molecular weight excluding hydrogens is 320 g/mol. The smallest absolute Gasteiger partial charge is 0.322 e. The molecule has 2 N–H and O–H groups in total. The molecule has 136 valence electrons. The molecule has 0 saturated carbocycles. The topological polar surface area (TPSA) is 73.9 Å². The molecule has 1 atom stereocenters. The van der Waals surface area contributed by atoms with Crippen molar-refractivity contribution in [2.45, 2.75) is 25.3 Å². The maximum atomic E-state index is 12.6. The number of nitrogens with zero attached hydrogens (tertiary/aromatic N) is 2. The van der Waals surface area contributed by atoms with Gasteiger partial charge in [0.2, 0.25) is 0 Å². The predicted octanol–water partition coefficient (Wildman–Crippen LogP) is 1.76. The van der Waals surface area contributed by atoms with Gasteiger partial charge in [0, 0.05) is 31.7 Å². The molecule has 25 heavy (non-hydrogen) atoms. The summed E-state index contributed by atoms with van der Waals surface area (Å²) in [4.78, 5) is 28.8. The summed E-state index contributed by atoms with van der Waals surface area (Å²) in [7, 11) is 3.12. The maximum Gasteiger partial charge on any atom is 0.322 e. The molecule has 0 spiro atoms. The van der Waals surface area contributed by atoms with Crippen LogP contribution in [0.15, 0.2) is 18.2 Å². The van der Waals surface area contributed by atoms with Crippen LogP contribution < -0.4 is 15.4 Å². The molecule has 2 aliphatic rings. The predicted molar refractivity (Wildman–Crippen MR) is 96.2 cm³/mol. The van der Waals surface area contributed by atoms with Crippen molar-refractivity contribution >= 4 is 17.6 Å². The number of carbonyl (C=O) groups excluding carboxylic acids is 2. The number of methoxy groups -OCH3 is 1. The van der Waals surface area contributed by atoms with Crippen molar-refractivity contribution < 1.29 is 14.3 Å². The molecule has 0 aromatic heterocycles. The molecule has 2 saturated heterocycles. The van der Waals surface area contributed by atoms with Crippen molar-refractivity contribution in [1.82, 2.24) is 15.1 Å². The van der Waals surface area contributed by atoms with Gasteiger partial charge in [-0.05, 0) is 50.6 Å². The van der Waals surface area contributed by atoms with Crippen LogP contribution in [0.3, 0.4) is 0 Å². The SMILES string of the molecule is CNC(=O)c1ccc(OC)c(NC(=O)N2CC[C@H](N3CCCC3)C2)c1. The average Bonchev–Trinajstić information content (AvgIpc) is 3.32. The normalized spacial score (nSPS) is 20.6. The first-order chi connectivity index (χ1) is 12.1. The Morgan fingerprint density at radius 1 is 1.20 bits per heavy atom. The van der Waals surface area contributed by atoms with E-state index in [-0.39, 0.29) is 11.9 Å². The second-order valence-electron chi connectivity index (χ2n) is 6.56. The first kappa shape index (κ1) is 17.5. The van der Waals surface area contributed by atoms with Crippen LogP contribution in [0.4, 0.5) is 10.5 Å². The van der Waals surface area contributed by atoms with Gasteiger partial charge in [-0.3, -0.25) is 9.69 Å². The molecular formula is C18H26N4O3. The number of urea groups is 1. The first-order valence-corrected chi connectivity index (χ1v) is 8.82. The van der Waals surface area contributed by atoms with Gasteiger partial charge in [0.05, 0.1) is 12.8 Å². The highest BCUT2D eigenvalue weighted by Gasteiger charge is 2.31. The minimum absolute atomic E-state index is 0.144. The molecule has 3 rings (SSSR count). The van der Waals surface area contributed by atoms with Gasteiger partial charge in [-0.1, -0.05) is 0 Å². The van der Waals surface area contributed by atoms with Crippen molar-refractivity contribution in [1.29, 1.82) is 0 Å². The highest BCUT2D eigenvalue weighted by Crippen LogP contribution is 2.27. The van der Waals surface area contributed by atoms with Crippen LogP contribution in [0.2, 0.25) is 0 Å². The fraction of sp³-hybridized carbons (Fsp3) is 0.556. The third-order valence-electron chi connectivity index (χ3n) is 5.04. The number of hydrogen-bond acceptors (Lipinski definition) is 4. The van der Waals surface area contributed by atoms with E-state index in [4.69, 9.17) is 4.74 Å². The van der Waals surface area contributed by atoms with E-state index in [9.17, 15) is 9.59 Å². The van der Waals surface area contributed by atoms with E-state index in [2.05, 4.69) is 15.5 Å². The van der Waals surface area contributed by atoms with Crippen LogP contribution in [0, 0.1) is 0 Å². The van der Waals surface area contributed by atoms with Crippen molar-refractivity contribution in [2.75, 3.05) is 45.7 Å². The van der Waals surface area contributed by atoms with E-state index in [1.807, 2.05) is 4.90 Å². The summed E-state index contributed by atoms with van der Waals surface area (Å²) < 4.78 is 5.31. The van der Waals surface area contributed by atoms with Gasteiger partial charge in [0.1, 0.15) is 5.75 Å². The van der Waals surface area contributed by atoms with Crippen LogP contribution in [0.25, 0.3) is 0 Å². The zero-order valence-electron chi connectivity index (χ0n) is 14.9. The Morgan fingerprint density at radius 2 is 1.96 bits per heavy atom. The zero-order valence-corrected chi connectivity index (χ0v) is 14.9. The van der Waals surface area contributed by atoms with Crippen molar-refractivity contribution in [2.24, 2.45) is 0 Å². The lowest BCUT2D eigenvalue weighted by atomic mass is 10.1. The number of ether oxygens (including phenoxy) is 1. The highest BCUT2D eigenvalue weighted by molar-refractivity contribution is 5.98. The van der Waals surface area contributed by atoms with Crippen LogP contribution in [0.5, 0.6) is 5.75 Å². The lowest BCUT2D eigenvalue weighted by molar-refractivity contribution is 0.0963. The van der Waals surface area contributed by atoms with Gasteiger partial charge in [-0.2, -0.15) is 0 Å². The van der Waals surface area contributed by atoms with E-state index in [1.54, 1.807) is 32.4 Å². The molecule has 2 aliphatic heterocycles. The minimum atomic E-state index is -0.201. The van der Waals surface area contributed by atoms with Crippen molar-refractivity contribution in [3.05, 3.63) is 23.8 Å². The lowest BCUT2D eigenvalue weighted by Gasteiger charge is -2.24. The molecule has 7 nitrogen and oxygen atoms in total. The molecule has 0 radical (unpaired) electrons. The molecule has 0 aliphatic carbocycles. The van der Waals surface area contributed by atoms with E-state index < -0.39 is 0 Å². The Balaban J connectivity index is 1.67. The lowest BCUT2D eigenvalue weighted by Crippen LogP contribution is -2.38. The number of benzene rings is 1. The fourth-order valence-electron chi connectivity index (χ4n) is 3.62. The molecule has 0 bridgehead atoms. The Labute approximate surface area is 148 Å². The number of anilines is 1. The quantitative estimate of drug-likeness (QED) is 0.871. The minimum Gasteiger partial charge on any atom is -0.495 e. The maximum absolute atomic E-state index is 12.6. The van der Waals surface area contributed by atoms with E-state index >= 15 is 0 Å². The zero-order chi connectivity index (χ0) is 17.8. The van der Waals surface area contributed by atoms with Gasteiger partial charge in [0.25, 0.3) is 5.91 Å². The van der Waals surface area contributed by atoms with Gasteiger partial charge in [-0.25, -0.2) is 4.79 Å². The van der Waals surface area contributed by atoms with E-state index in [0.29, 0.717) is 23.0 Å². The van der Waals surface area contributed by atoms with Crippen molar-refractivity contribution in [3.8, 4) is 5.75 Å². The monoisotopic (exact) mass is 346 g/mol. The molecule has 2 heterocycles. The summed E-state index contributed by atoms with van der Waals surface area (Å²) >= 11 is 0. The van der Waals surface area contributed by atoms with Gasteiger partial charge in [-0.15, -0.1) is 0 Å². The summed E-state index contributed by atoms with van der Waals surface area (Å²) in [6.07, 6.45) is 3.53. The number of hydrogen-bond donors (Lipinski definition) is 2. The molecule has 2 fully saturated rings. The summed E-state index contributed by atoms with van der Waals surface area (Å²) in [5.41, 5.74) is 0.994. The molecule has 7 heteroatoms. The van der Waals surface area contributed by atoms with Crippen molar-refractivity contribution in [3.63, 3.8) is 0 Å². The van der Waals surface area contributed by atoms with Gasteiger partial charge >= 0.3 is 6.03 Å². The second kappa shape index (κ2) is 7.74. The Morgan fingerprint density at radius 3 is 2.64 bits per heavy atom. The fourth-order valence-corrected chi connectivity index (χ4v) is 3.62. The third kappa shape index (κ3) is 3.87. The van der Waals surface area contributed by atoms with Crippen LogP contribution in [-0.2, 0) is 0 Å². The molecule has 1 aromatic rings. The number of rotatable bonds is 4. The average molecular weight is 346 g/mol. The van der Waals surface area contributed by atoms with Crippen LogP contribution >= 0.6 is 0 Å². The Bertz CT molecular complexity index is 643. The first-order valence-electron chi connectivity index (χ1n) is 8.82. The largest absolute Gasteiger partial charge is 0.495 e. The van der Waals surface area contributed by atoms with Gasteiger partial charge in [0.15, 0.2) is 0 Å². The summed E-state index contributed by atoms with van der Waals surface area (Å²) in [6.45, 7) is 3.79. The Hall–Kier alpha value is -2.28. The standard InChI is InChI=1S/C18H26N4O3/c1-19-17(23)13-5-6-16(25-2)15(11-13)20-18(24)22-10-7-14(12-22)21-8-3-4-9-21/h5-6,11,14H,3-4,7-10,12H2,1-2H3,(H,19,23)(H,20,24)/t14-/m0/s1. The number of carbonyl (C=O) groups is 2. The third-order valence-corrected chi connectivity index (χ3v) is 5.04. The number of likely N-dealkylation sites (tertiary alicyclic amines) is 2. The van der Waals surface area contributed by atoms with Crippen LogP contribution in [-0.4, -0.2) is 68.1 Å². The van der Waals surface area contributed by atoms with E-state index in [0.717, 1.165) is 32.6 Å². The molecule has 3 amide bonds. The second-order valence-corrected chi connectivity index (χ2v) is 6.56. The number of amides is 3. The van der Waals surface area contributed by atoms with E-state index in [1.165, 1.54) is 12.8 Å². The summed E-state index contributed by atoms with van der Waals surface area (Å²) in [5, 5.41) is 5.48. The summed E-state index contributed by atoms with van der Waals surface area (Å²) in [6, 6.07) is 5.33. The van der Waals surface area contributed by atoms with Gasteiger partial charge < -0.3 is 20.3 Å².